The fourth-order valence-electron chi connectivity index (χ4n) is 1.58. The molecular weight excluding hydrogens is 310 g/mol. The number of carboxylic acids is 2. The summed E-state index contributed by atoms with van der Waals surface area (Å²) in [7, 11) is 0. The Labute approximate surface area is 121 Å². The van der Waals surface area contributed by atoms with E-state index in [1.54, 1.807) is 0 Å². The van der Waals surface area contributed by atoms with Crippen LogP contribution in [-0.2, 0) is 38.7 Å². The number of amides is 2. The molecule has 2 heterocycles. The van der Waals surface area contributed by atoms with Gasteiger partial charge in [-0.3, -0.25) is 9.59 Å². The first-order valence-electron chi connectivity index (χ1n) is 5.40. The van der Waals surface area contributed by atoms with Gasteiger partial charge in [-0.25, -0.2) is 0 Å². The molecule has 2 aliphatic heterocycles. The van der Waals surface area contributed by atoms with E-state index < -0.39 is 24.0 Å². The predicted molar refractivity (Wildman–Crippen MR) is 52.3 cm³/mol. The normalized spacial score (nSPS) is 24.4. The van der Waals surface area contributed by atoms with Gasteiger partial charge in [0.2, 0.25) is 11.8 Å². The third-order valence-electron chi connectivity index (χ3n) is 2.56. The summed E-state index contributed by atoms with van der Waals surface area (Å²) in [5.41, 5.74) is 0. The van der Waals surface area contributed by atoms with Crippen molar-refractivity contribution in [3.63, 3.8) is 0 Å². The number of carbonyl (C=O) groups excluding carboxylic acids is 4. The summed E-state index contributed by atoms with van der Waals surface area (Å²) in [6.07, 6.45) is 1.33. The molecule has 19 heavy (non-hydrogen) atoms. The molecule has 0 saturated carbocycles. The first-order chi connectivity index (χ1) is 8.40. The van der Waals surface area contributed by atoms with E-state index in [0.717, 1.165) is 0 Å². The molecule has 2 atom stereocenters. The zero-order chi connectivity index (χ0) is 13.7. The SMILES string of the molecule is O=C1CC[C@@H](C(=O)[O-])N1.O=C1CC[C@@H](C(=O)[O-])N1.[Zn+2]. The molecule has 2 N–H and O–H groups in total. The van der Waals surface area contributed by atoms with E-state index in [1.807, 2.05) is 0 Å². The van der Waals surface area contributed by atoms with Gasteiger partial charge < -0.3 is 30.4 Å². The van der Waals surface area contributed by atoms with Crippen molar-refractivity contribution < 1.29 is 48.9 Å². The zero-order valence-electron chi connectivity index (χ0n) is 10.1. The Morgan fingerprint density at radius 2 is 1.21 bits per heavy atom. The van der Waals surface area contributed by atoms with Crippen LogP contribution in [0.4, 0.5) is 0 Å². The van der Waals surface area contributed by atoms with Crippen LogP contribution in [0.5, 0.6) is 0 Å². The summed E-state index contributed by atoms with van der Waals surface area (Å²) in [4.78, 5) is 40.8. The largest absolute Gasteiger partial charge is 2.00 e. The molecule has 0 bridgehead atoms. The number of hydrogen-bond acceptors (Lipinski definition) is 6. The number of carboxylic acid groups (broad SMARTS) is 2. The molecule has 9 heteroatoms. The van der Waals surface area contributed by atoms with Gasteiger partial charge >= 0.3 is 19.5 Å². The Balaban J connectivity index is 0.000000324. The standard InChI is InChI=1S/2C5H7NO3.Zn/c2*7-4-2-1-3(6-4)5(8)9;/h2*3H,1-2H2,(H,6,7)(H,8,9);/q;;+2/p-2/t2*3-;/m00./s1. The predicted octanol–water partition coefficient (Wildman–Crippen LogP) is -3.97. The minimum atomic E-state index is -1.19. The van der Waals surface area contributed by atoms with Gasteiger partial charge in [0.05, 0.1) is 24.0 Å². The molecule has 0 radical (unpaired) electrons. The quantitative estimate of drug-likeness (QED) is 0.497. The van der Waals surface area contributed by atoms with Crippen LogP contribution in [-0.4, -0.2) is 35.8 Å². The van der Waals surface area contributed by atoms with Gasteiger partial charge in [-0.2, -0.15) is 0 Å². The van der Waals surface area contributed by atoms with E-state index in [4.69, 9.17) is 0 Å². The number of hydrogen-bond donors (Lipinski definition) is 2. The fourth-order valence-corrected chi connectivity index (χ4v) is 1.58. The summed E-state index contributed by atoms with van der Waals surface area (Å²) in [6, 6.07) is -1.50. The summed E-state index contributed by atoms with van der Waals surface area (Å²) >= 11 is 0. The molecule has 0 aliphatic carbocycles. The molecule has 8 nitrogen and oxygen atoms in total. The molecule has 2 fully saturated rings. The second-order valence-electron chi connectivity index (χ2n) is 3.96. The maximum Gasteiger partial charge on any atom is 2.00 e. The van der Waals surface area contributed by atoms with Crippen LogP contribution in [0, 0.1) is 0 Å². The van der Waals surface area contributed by atoms with Crippen LogP contribution in [0.15, 0.2) is 0 Å². The molecule has 100 valence electrons. The number of nitrogens with one attached hydrogen (secondary N) is 2. The van der Waals surface area contributed by atoms with Crippen molar-refractivity contribution in [1.29, 1.82) is 0 Å². The van der Waals surface area contributed by atoms with Gasteiger partial charge in [-0.15, -0.1) is 0 Å². The Bertz CT molecular complexity index is 350. The molecular formula is C10H12N2O6Zn. The number of carbonyl (C=O) groups is 4. The van der Waals surface area contributed by atoms with Crippen LogP contribution in [0.3, 0.4) is 0 Å². The van der Waals surface area contributed by atoms with Crippen molar-refractivity contribution in [3.05, 3.63) is 0 Å². The van der Waals surface area contributed by atoms with E-state index in [-0.39, 0.29) is 31.3 Å². The van der Waals surface area contributed by atoms with Crippen LogP contribution in [0.2, 0.25) is 0 Å². The monoisotopic (exact) mass is 320 g/mol. The third-order valence-corrected chi connectivity index (χ3v) is 2.56. The summed E-state index contributed by atoms with van der Waals surface area (Å²) in [5, 5.41) is 24.5. The van der Waals surface area contributed by atoms with E-state index in [1.165, 1.54) is 0 Å². The van der Waals surface area contributed by atoms with Crippen LogP contribution < -0.4 is 20.8 Å². The molecule has 0 aromatic heterocycles. The van der Waals surface area contributed by atoms with E-state index in [0.29, 0.717) is 25.7 Å². The Hall–Kier alpha value is -1.50. The molecule has 2 saturated heterocycles. The van der Waals surface area contributed by atoms with Gasteiger partial charge in [-0.05, 0) is 12.8 Å². The van der Waals surface area contributed by atoms with Crippen molar-refractivity contribution in [1.82, 2.24) is 10.6 Å². The minimum Gasteiger partial charge on any atom is -0.548 e. The van der Waals surface area contributed by atoms with Crippen molar-refractivity contribution in [2.24, 2.45) is 0 Å². The average molecular weight is 322 g/mol. The van der Waals surface area contributed by atoms with E-state index in [2.05, 4.69) is 10.6 Å². The van der Waals surface area contributed by atoms with Gasteiger partial charge in [-0.1, -0.05) is 0 Å². The Kier molecular flexibility index (Phi) is 7.22. The summed E-state index contributed by atoms with van der Waals surface area (Å²) in [5.74, 6) is -2.80. The smallest absolute Gasteiger partial charge is 0.548 e. The summed E-state index contributed by atoms with van der Waals surface area (Å²) < 4.78 is 0. The molecule has 0 spiro atoms. The van der Waals surface area contributed by atoms with Gasteiger partial charge in [0.1, 0.15) is 0 Å². The molecule has 0 aromatic rings. The zero-order valence-corrected chi connectivity index (χ0v) is 13.1. The number of rotatable bonds is 2. The summed E-state index contributed by atoms with van der Waals surface area (Å²) in [6.45, 7) is 0. The molecule has 0 unspecified atom stereocenters. The van der Waals surface area contributed by atoms with Crippen LogP contribution in [0.25, 0.3) is 0 Å². The molecule has 2 rings (SSSR count). The van der Waals surface area contributed by atoms with Crippen molar-refractivity contribution in [3.8, 4) is 0 Å². The van der Waals surface area contributed by atoms with Crippen molar-refractivity contribution in [2.45, 2.75) is 37.8 Å². The molecule has 2 amide bonds. The second kappa shape index (κ2) is 7.83. The average Bonchev–Trinajstić information content (AvgIpc) is 2.88. The maximum atomic E-state index is 10.4. The Morgan fingerprint density at radius 1 is 0.895 bits per heavy atom. The van der Waals surface area contributed by atoms with Crippen molar-refractivity contribution in [2.75, 3.05) is 0 Å². The fraction of sp³-hybridized carbons (Fsp3) is 0.600. The van der Waals surface area contributed by atoms with E-state index >= 15 is 0 Å². The van der Waals surface area contributed by atoms with Crippen molar-refractivity contribution >= 4 is 23.8 Å². The van der Waals surface area contributed by atoms with E-state index in [9.17, 15) is 29.4 Å². The molecule has 2 aliphatic rings. The first kappa shape index (κ1) is 17.5. The van der Waals surface area contributed by atoms with Gasteiger partial charge in [0.25, 0.3) is 0 Å². The third kappa shape index (κ3) is 5.78. The molecule has 0 aromatic carbocycles. The minimum absolute atomic E-state index is 0. The van der Waals surface area contributed by atoms with Crippen LogP contribution >= 0.6 is 0 Å². The second-order valence-corrected chi connectivity index (χ2v) is 3.96. The Morgan fingerprint density at radius 3 is 1.32 bits per heavy atom. The van der Waals surface area contributed by atoms with Gasteiger partial charge in [0.15, 0.2) is 0 Å². The maximum absolute atomic E-state index is 10.4. The number of aliphatic carboxylic acids is 2. The van der Waals surface area contributed by atoms with Crippen LogP contribution in [0.1, 0.15) is 25.7 Å². The first-order valence-corrected chi connectivity index (χ1v) is 5.40. The van der Waals surface area contributed by atoms with Gasteiger partial charge in [0, 0.05) is 12.8 Å². The topological polar surface area (TPSA) is 138 Å².